The second kappa shape index (κ2) is 8.34. The van der Waals surface area contributed by atoms with Crippen molar-refractivity contribution in [3.05, 3.63) is 81.5 Å². The van der Waals surface area contributed by atoms with E-state index in [4.69, 9.17) is 11.6 Å². The molecule has 1 aromatic heterocycles. The molecule has 1 atom stereocenters. The number of rotatable bonds is 7. The third kappa shape index (κ3) is 4.64. The predicted molar refractivity (Wildman–Crippen MR) is 112 cm³/mol. The lowest BCUT2D eigenvalue weighted by molar-refractivity contribution is 0.569. The Morgan fingerprint density at radius 3 is 2.11 bits per heavy atom. The minimum atomic E-state index is -3.84. The average molecular weight is 456 g/mol. The van der Waals surface area contributed by atoms with Crippen molar-refractivity contribution in [3.8, 4) is 0 Å². The Hall–Kier alpha value is -1.71. The largest absolute Gasteiger partial charge is 0.240 e. The summed E-state index contributed by atoms with van der Waals surface area (Å²) in [7, 11) is -7.67. The maximum Gasteiger partial charge on any atom is 0.240 e. The predicted octanol–water partition coefficient (Wildman–Crippen LogP) is 4.20. The maximum absolute atomic E-state index is 13.2. The van der Waals surface area contributed by atoms with Crippen LogP contribution < -0.4 is 4.72 Å². The Morgan fingerprint density at radius 2 is 1.54 bits per heavy atom. The van der Waals surface area contributed by atoms with Crippen LogP contribution >= 0.6 is 22.9 Å². The van der Waals surface area contributed by atoms with Gasteiger partial charge in [-0.15, -0.1) is 11.3 Å². The molecular formula is C19H18ClNO4S3. The summed E-state index contributed by atoms with van der Waals surface area (Å²) in [6, 6.07) is 15.6. The summed E-state index contributed by atoms with van der Waals surface area (Å²) in [5.41, 5.74) is 0.931. The first-order valence-corrected chi connectivity index (χ1v) is 12.6. The molecule has 0 bridgehead atoms. The van der Waals surface area contributed by atoms with Gasteiger partial charge in [0.1, 0.15) is 5.25 Å². The van der Waals surface area contributed by atoms with E-state index >= 15 is 0 Å². The van der Waals surface area contributed by atoms with E-state index in [9.17, 15) is 16.8 Å². The van der Waals surface area contributed by atoms with Crippen LogP contribution in [0, 0.1) is 6.92 Å². The molecule has 28 heavy (non-hydrogen) atoms. The molecule has 9 heteroatoms. The number of hydrogen-bond acceptors (Lipinski definition) is 5. The van der Waals surface area contributed by atoms with Crippen molar-refractivity contribution in [1.82, 2.24) is 4.72 Å². The van der Waals surface area contributed by atoms with Gasteiger partial charge in [0, 0.05) is 16.4 Å². The molecule has 0 aliphatic rings. The highest BCUT2D eigenvalue weighted by Gasteiger charge is 2.31. The Kier molecular flexibility index (Phi) is 6.26. The molecule has 2 aromatic carbocycles. The molecule has 3 rings (SSSR count). The summed E-state index contributed by atoms with van der Waals surface area (Å²) in [5, 5.41) is 1.13. The van der Waals surface area contributed by atoms with E-state index in [2.05, 4.69) is 4.72 Å². The number of aryl methyl sites for hydroxylation is 1. The van der Waals surface area contributed by atoms with Crippen LogP contribution in [-0.2, 0) is 19.9 Å². The van der Waals surface area contributed by atoms with E-state index in [1.165, 1.54) is 47.7 Å². The van der Waals surface area contributed by atoms with E-state index in [0.29, 0.717) is 9.90 Å². The van der Waals surface area contributed by atoms with E-state index < -0.39 is 25.1 Å². The maximum atomic E-state index is 13.2. The smallest absolute Gasteiger partial charge is 0.223 e. The lowest BCUT2D eigenvalue weighted by atomic mass is 10.2. The molecule has 3 aromatic rings. The van der Waals surface area contributed by atoms with Gasteiger partial charge in [0.15, 0.2) is 9.84 Å². The molecule has 5 nitrogen and oxygen atoms in total. The highest BCUT2D eigenvalue weighted by Crippen LogP contribution is 2.32. The van der Waals surface area contributed by atoms with Crippen LogP contribution in [-0.4, -0.2) is 23.4 Å². The van der Waals surface area contributed by atoms with Crippen LogP contribution in [0.2, 0.25) is 5.02 Å². The number of halogens is 1. The minimum Gasteiger partial charge on any atom is -0.223 e. The second-order valence-electron chi connectivity index (χ2n) is 6.17. The number of thiophene rings is 1. The van der Waals surface area contributed by atoms with Gasteiger partial charge in [-0.3, -0.25) is 0 Å². The Morgan fingerprint density at radius 1 is 0.929 bits per heavy atom. The summed E-state index contributed by atoms with van der Waals surface area (Å²) in [4.78, 5) is 0.735. The van der Waals surface area contributed by atoms with Gasteiger partial charge >= 0.3 is 0 Å². The average Bonchev–Trinajstić information content (AvgIpc) is 3.16. The normalized spacial score (nSPS) is 13.4. The quantitative estimate of drug-likeness (QED) is 0.578. The molecule has 1 heterocycles. The van der Waals surface area contributed by atoms with E-state index in [1.54, 1.807) is 29.6 Å². The summed E-state index contributed by atoms with van der Waals surface area (Å²) < 4.78 is 54.0. The molecule has 0 fully saturated rings. The fourth-order valence-corrected chi connectivity index (χ4v) is 6.68. The molecule has 0 saturated carbocycles. The van der Waals surface area contributed by atoms with E-state index in [1.807, 2.05) is 6.92 Å². The number of nitrogens with one attached hydrogen (secondary N) is 1. The monoisotopic (exact) mass is 455 g/mol. The van der Waals surface area contributed by atoms with Crippen LogP contribution in [0.1, 0.15) is 15.7 Å². The first kappa shape index (κ1) is 21.0. The fourth-order valence-electron chi connectivity index (χ4n) is 2.61. The molecule has 0 saturated heterocycles. The van der Waals surface area contributed by atoms with Crippen LogP contribution in [0.3, 0.4) is 0 Å². The molecule has 0 aliphatic carbocycles. The van der Waals surface area contributed by atoms with Crippen molar-refractivity contribution >= 4 is 42.8 Å². The van der Waals surface area contributed by atoms with E-state index in [-0.39, 0.29) is 16.3 Å². The first-order chi connectivity index (χ1) is 13.2. The zero-order valence-corrected chi connectivity index (χ0v) is 18.1. The zero-order valence-electron chi connectivity index (χ0n) is 14.9. The molecule has 1 N–H and O–H groups in total. The van der Waals surface area contributed by atoms with Crippen LogP contribution in [0.4, 0.5) is 0 Å². The van der Waals surface area contributed by atoms with Crippen molar-refractivity contribution in [1.29, 1.82) is 0 Å². The SMILES string of the molecule is Cc1ccc(S(=O)(=O)NCC(c2cccs2)S(=O)(=O)c2ccc(Cl)cc2)cc1. The number of sulfonamides is 1. The first-order valence-electron chi connectivity index (χ1n) is 8.29. The topological polar surface area (TPSA) is 80.3 Å². The highest BCUT2D eigenvalue weighted by atomic mass is 35.5. The lowest BCUT2D eigenvalue weighted by Gasteiger charge is -2.18. The fraction of sp³-hybridized carbons (Fsp3) is 0.158. The summed E-state index contributed by atoms with van der Waals surface area (Å²) in [6.45, 7) is 1.58. The van der Waals surface area contributed by atoms with Gasteiger partial charge in [-0.05, 0) is 54.8 Å². The van der Waals surface area contributed by atoms with Crippen LogP contribution in [0.5, 0.6) is 0 Å². The number of hydrogen-bond donors (Lipinski definition) is 1. The van der Waals surface area contributed by atoms with Gasteiger partial charge in [0.25, 0.3) is 0 Å². The lowest BCUT2D eigenvalue weighted by Crippen LogP contribution is -2.31. The molecule has 0 amide bonds. The second-order valence-corrected chi connectivity index (χ2v) is 11.5. The molecule has 0 aliphatic heterocycles. The van der Waals surface area contributed by atoms with Crippen molar-refractivity contribution in [2.45, 2.75) is 22.0 Å². The van der Waals surface area contributed by atoms with Crippen LogP contribution in [0.25, 0.3) is 0 Å². The van der Waals surface area contributed by atoms with Gasteiger partial charge < -0.3 is 0 Å². The summed E-state index contributed by atoms with van der Waals surface area (Å²) in [5.74, 6) is 0. The van der Waals surface area contributed by atoms with Crippen LogP contribution in [0.15, 0.2) is 75.8 Å². The van der Waals surface area contributed by atoms with Gasteiger partial charge in [-0.25, -0.2) is 21.6 Å². The molecule has 1 unspecified atom stereocenters. The minimum absolute atomic E-state index is 0.0878. The zero-order chi connectivity index (χ0) is 20.4. The summed E-state index contributed by atoms with van der Waals surface area (Å²) in [6.07, 6.45) is 0. The third-order valence-electron chi connectivity index (χ3n) is 4.17. The van der Waals surface area contributed by atoms with Crippen molar-refractivity contribution in [2.24, 2.45) is 0 Å². The van der Waals surface area contributed by atoms with Crippen molar-refractivity contribution < 1.29 is 16.8 Å². The molecule has 0 radical (unpaired) electrons. The Labute approximate surface area is 174 Å². The highest BCUT2D eigenvalue weighted by molar-refractivity contribution is 7.92. The standard InChI is InChI=1S/C19H18ClNO4S3/c1-14-4-8-17(9-5-14)28(24,25)21-13-19(18-3-2-12-26-18)27(22,23)16-10-6-15(20)7-11-16/h2-12,19,21H,13H2,1H3. The van der Waals surface area contributed by atoms with Gasteiger partial charge in [-0.1, -0.05) is 35.4 Å². The van der Waals surface area contributed by atoms with Gasteiger partial charge in [-0.2, -0.15) is 0 Å². The summed E-state index contributed by atoms with van der Waals surface area (Å²) >= 11 is 7.12. The molecular weight excluding hydrogens is 438 g/mol. The number of benzene rings is 2. The van der Waals surface area contributed by atoms with Crippen molar-refractivity contribution in [3.63, 3.8) is 0 Å². The van der Waals surface area contributed by atoms with Crippen molar-refractivity contribution in [2.75, 3.05) is 6.54 Å². The Bertz CT molecular complexity index is 1140. The van der Waals surface area contributed by atoms with Gasteiger partial charge in [0.05, 0.1) is 9.79 Å². The van der Waals surface area contributed by atoms with Gasteiger partial charge in [0.2, 0.25) is 10.0 Å². The number of sulfone groups is 1. The Balaban J connectivity index is 1.91. The third-order valence-corrected chi connectivity index (χ3v) is 9.09. The molecule has 148 valence electrons. The molecule has 0 spiro atoms. The van der Waals surface area contributed by atoms with E-state index in [0.717, 1.165) is 5.56 Å².